The molecule has 4 aromatic rings. The van der Waals surface area contributed by atoms with E-state index in [9.17, 15) is 4.79 Å². The minimum absolute atomic E-state index is 0.0303. The predicted octanol–water partition coefficient (Wildman–Crippen LogP) is 6.36. The van der Waals surface area contributed by atoms with Crippen molar-refractivity contribution in [2.45, 2.75) is 40.2 Å². The maximum atomic E-state index is 10.7. The number of ether oxygens (including phenoxy) is 1. The summed E-state index contributed by atoms with van der Waals surface area (Å²) in [6, 6.07) is 21.6. The van der Waals surface area contributed by atoms with Crippen molar-refractivity contribution in [3.05, 3.63) is 100 Å². The summed E-state index contributed by atoms with van der Waals surface area (Å²) in [5, 5.41) is 11.9. The third-order valence-corrected chi connectivity index (χ3v) is 6.24. The Morgan fingerprint density at radius 1 is 1.03 bits per heavy atom. The highest BCUT2D eigenvalue weighted by atomic mass is 35.5. The molecule has 5 rings (SSSR count). The normalized spacial score (nSPS) is 11.9. The van der Waals surface area contributed by atoms with Gasteiger partial charge in [0.05, 0.1) is 18.5 Å². The molecule has 0 bridgehead atoms. The summed E-state index contributed by atoms with van der Waals surface area (Å²) in [5.41, 5.74) is 6.03. The number of nitrogens with one attached hydrogen (secondary N) is 1. The Labute approximate surface area is 222 Å². The third kappa shape index (κ3) is 6.06. The van der Waals surface area contributed by atoms with Crippen LogP contribution in [0.25, 0.3) is 5.69 Å². The van der Waals surface area contributed by atoms with Gasteiger partial charge in [0.25, 0.3) is 0 Å². The monoisotopic (exact) mass is 515 g/mol. The molecule has 1 amide bonds. The fourth-order valence-corrected chi connectivity index (χ4v) is 4.22. The van der Waals surface area contributed by atoms with Crippen molar-refractivity contribution in [2.75, 3.05) is 12.4 Å². The van der Waals surface area contributed by atoms with Crippen LogP contribution in [0.3, 0.4) is 0 Å². The standard InChI is InChI=1S/C18H15ClN4O.C11H15NO/c1-11-21-22-17-10-20-18(12-3-5-13(19)6-4-12)15-9-14(24-2)7-8-16(15)23(11)17;1-8(2)10-4-6-11(7-5-10)12-9(3)13/h3-9H,10H2,1-2H3;4-8H,1-3H3,(H,12,13). The van der Waals surface area contributed by atoms with Gasteiger partial charge in [0.2, 0.25) is 5.91 Å². The molecule has 1 aromatic heterocycles. The van der Waals surface area contributed by atoms with Crippen molar-refractivity contribution in [1.82, 2.24) is 14.8 Å². The Hall–Kier alpha value is -3.97. The van der Waals surface area contributed by atoms with E-state index < -0.39 is 0 Å². The molecule has 0 unspecified atom stereocenters. The van der Waals surface area contributed by atoms with Gasteiger partial charge in [-0.1, -0.05) is 49.7 Å². The number of nitrogens with zero attached hydrogens (tertiary/aromatic N) is 4. The molecule has 37 heavy (non-hydrogen) atoms. The number of anilines is 1. The van der Waals surface area contributed by atoms with E-state index in [2.05, 4.69) is 29.4 Å². The molecule has 1 aliphatic rings. The van der Waals surface area contributed by atoms with Gasteiger partial charge >= 0.3 is 0 Å². The van der Waals surface area contributed by atoms with E-state index in [1.807, 2.05) is 78.2 Å². The van der Waals surface area contributed by atoms with Gasteiger partial charge in [-0.3, -0.25) is 14.4 Å². The van der Waals surface area contributed by atoms with E-state index in [0.717, 1.165) is 45.6 Å². The first-order chi connectivity index (χ1) is 17.8. The molecule has 0 fully saturated rings. The van der Waals surface area contributed by atoms with Crippen molar-refractivity contribution in [1.29, 1.82) is 0 Å². The highest BCUT2D eigenvalue weighted by molar-refractivity contribution is 6.30. The number of amides is 1. The molecule has 7 nitrogen and oxygen atoms in total. The van der Waals surface area contributed by atoms with E-state index in [4.69, 9.17) is 21.3 Å². The van der Waals surface area contributed by atoms with Gasteiger partial charge in [-0.25, -0.2) is 0 Å². The van der Waals surface area contributed by atoms with Gasteiger partial charge in [0.1, 0.15) is 18.1 Å². The van der Waals surface area contributed by atoms with Gasteiger partial charge < -0.3 is 10.1 Å². The van der Waals surface area contributed by atoms with Gasteiger partial charge in [-0.2, -0.15) is 0 Å². The molecular formula is C29H30ClN5O2. The fourth-order valence-electron chi connectivity index (χ4n) is 4.09. The number of benzene rings is 3. The lowest BCUT2D eigenvalue weighted by Gasteiger charge is -2.14. The molecule has 0 saturated heterocycles. The molecular weight excluding hydrogens is 486 g/mol. The average molecular weight is 516 g/mol. The van der Waals surface area contributed by atoms with Crippen molar-refractivity contribution < 1.29 is 9.53 Å². The number of carbonyl (C=O) groups is 1. The van der Waals surface area contributed by atoms with Crippen molar-refractivity contribution in [3.63, 3.8) is 0 Å². The number of methoxy groups -OCH3 is 1. The molecule has 0 saturated carbocycles. The number of hydrogen-bond acceptors (Lipinski definition) is 5. The summed E-state index contributed by atoms with van der Waals surface area (Å²) in [6.45, 7) is 8.21. The molecule has 2 heterocycles. The lowest BCUT2D eigenvalue weighted by Crippen LogP contribution is -2.08. The van der Waals surface area contributed by atoms with E-state index >= 15 is 0 Å². The second-order valence-corrected chi connectivity index (χ2v) is 9.45. The van der Waals surface area contributed by atoms with Crippen LogP contribution in [0, 0.1) is 6.92 Å². The second-order valence-electron chi connectivity index (χ2n) is 9.01. The van der Waals surface area contributed by atoms with Gasteiger partial charge in [-0.05, 0) is 60.9 Å². The first-order valence-electron chi connectivity index (χ1n) is 12.0. The van der Waals surface area contributed by atoms with Crippen LogP contribution in [0.4, 0.5) is 5.69 Å². The lowest BCUT2D eigenvalue weighted by atomic mass is 10.00. The van der Waals surface area contributed by atoms with Gasteiger partial charge in [0.15, 0.2) is 5.82 Å². The summed E-state index contributed by atoms with van der Waals surface area (Å²) in [4.78, 5) is 15.5. The molecule has 3 aromatic carbocycles. The smallest absolute Gasteiger partial charge is 0.221 e. The SMILES string of the molecule is CC(=O)Nc1ccc(C(C)C)cc1.COc1ccc2c(c1)C(c1ccc(Cl)cc1)=NCc1nnc(C)n1-2. The highest BCUT2D eigenvalue weighted by Crippen LogP contribution is 2.29. The zero-order chi connectivity index (χ0) is 26.5. The quantitative estimate of drug-likeness (QED) is 0.343. The van der Waals surface area contributed by atoms with Crippen LogP contribution in [0.5, 0.6) is 5.75 Å². The third-order valence-electron chi connectivity index (χ3n) is 5.99. The number of carbonyl (C=O) groups excluding carboxylic acids is 1. The van der Waals surface area contributed by atoms with E-state index in [-0.39, 0.29) is 5.91 Å². The highest BCUT2D eigenvalue weighted by Gasteiger charge is 2.22. The van der Waals surface area contributed by atoms with E-state index in [1.165, 1.54) is 12.5 Å². The molecule has 0 spiro atoms. The lowest BCUT2D eigenvalue weighted by molar-refractivity contribution is -0.114. The number of aromatic nitrogens is 3. The first-order valence-corrected chi connectivity index (χ1v) is 12.4. The molecule has 8 heteroatoms. The van der Waals surface area contributed by atoms with E-state index in [0.29, 0.717) is 17.5 Å². The molecule has 0 radical (unpaired) electrons. The molecule has 1 aliphatic heterocycles. The summed E-state index contributed by atoms with van der Waals surface area (Å²) in [6.07, 6.45) is 0. The van der Waals surface area contributed by atoms with Gasteiger partial charge in [0, 0.05) is 28.8 Å². The molecule has 190 valence electrons. The van der Waals surface area contributed by atoms with Crippen LogP contribution < -0.4 is 10.1 Å². The Balaban J connectivity index is 0.000000209. The second kappa shape index (κ2) is 11.4. The number of halogens is 1. The minimum atomic E-state index is -0.0303. The minimum Gasteiger partial charge on any atom is -0.497 e. The van der Waals surface area contributed by atoms with Crippen LogP contribution >= 0.6 is 11.6 Å². The Morgan fingerprint density at radius 2 is 1.73 bits per heavy atom. The first kappa shape index (κ1) is 26.1. The zero-order valence-corrected chi connectivity index (χ0v) is 22.4. The Kier molecular flexibility index (Phi) is 8.04. The number of aliphatic imine (C=N–C) groups is 1. The Morgan fingerprint density at radius 3 is 2.35 bits per heavy atom. The number of hydrogen-bond donors (Lipinski definition) is 1. The van der Waals surface area contributed by atoms with Crippen molar-refractivity contribution in [2.24, 2.45) is 4.99 Å². The summed E-state index contributed by atoms with van der Waals surface area (Å²) < 4.78 is 7.45. The Bertz CT molecular complexity index is 1420. The predicted molar refractivity (Wildman–Crippen MR) is 148 cm³/mol. The van der Waals surface area contributed by atoms with Crippen LogP contribution in [0.2, 0.25) is 5.02 Å². The summed E-state index contributed by atoms with van der Waals surface area (Å²) in [5.74, 6) is 2.94. The largest absolute Gasteiger partial charge is 0.497 e. The molecule has 0 aliphatic carbocycles. The van der Waals surface area contributed by atoms with Crippen molar-refractivity contribution in [3.8, 4) is 11.4 Å². The van der Waals surface area contributed by atoms with Crippen LogP contribution in [-0.2, 0) is 11.3 Å². The van der Waals surface area contributed by atoms with Gasteiger partial charge in [-0.15, -0.1) is 10.2 Å². The average Bonchev–Trinajstić information content (AvgIpc) is 3.16. The number of fused-ring (bicyclic) bond motifs is 3. The summed E-state index contributed by atoms with van der Waals surface area (Å²) >= 11 is 6.02. The number of rotatable bonds is 4. The maximum absolute atomic E-state index is 10.7. The van der Waals surface area contributed by atoms with E-state index in [1.54, 1.807) is 7.11 Å². The molecule has 1 N–H and O–H groups in total. The zero-order valence-electron chi connectivity index (χ0n) is 21.6. The maximum Gasteiger partial charge on any atom is 0.221 e. The van der Waals surface area contributed by atoms with Crippen LogP contribution in [0.1, 0.15) is 55.0 Å². The van der Waals surface area contributed by atoms with Crippen molar-refractivity contribution >= 4 is 28.9 Å². The topological polar surface area (TPSA) is 81.4 Å². The number of aryl methyl sites for hydroxylation is 1. The fraction of sp³-hybridized carbons (Fsp3) is 0.241. The van der Waals surface area contributed by atoms with Crippen LogP contribution in [-0.4, -0.2) is 33.5 Å². The summed E-state index contributed by atoms with van der Waals surface area (Å²) in [7, 11) is 1.66. The van der Waals surface area contributed by atoms with Crippen LogP contribution in [0.15, 0.2) is 71.7 Å². The molecule has 0 atom stereocenters.